The number of nitrogens with one attached hydrogen (secondary N) is 1. The molecule has 3 heterocycles. The van der Waals surface area contributed by atoms with Gasteiger partial charge in [0.2, 0.25) is 11.8 Å². The molecule has 1 aliphatic heterocycles. The van der Waals surface area contributed by atoms with Crippen molar-refractivity contribution in [3.05, 3.63) is 65.7 Å². The lowest BCUT2D eigenvalue weighted by Gasteiger charge is -2.18. The standard InChI is InChI=1S/C24H20N4O3/c1-14(29)15-6-10-21-20(13-15)27-24(19-4-3-5-23(26-19)31-2)28(21)17-8-9-18-16(12-17)7-11-22(30)25-18/h3-6,8-10,12-13H,7,11H2,1-2H3,(H,25,30). The first kappa shape index (κ1) is 19.0. The summed E-state index contributed by atoms with van der Waals surface area (Å²) in [6.45, 7) is 1.54. The van der Waals surface area contributed by atoms with Crippen molar-refractivity contribution in [3.8, 4) is 23.1 Å². The van der Waals surface area contributed by atoms with Gasteiger partial charge in [-0.2, -0.15) is 0 Å². The Balaban J connectivity index is 1.75. The van der Waals surface area contributed by atoms with Crippen molar-refractivity contribution >= 4 is 28.4 Å². The molecule has 7 heteroatoms. The first-order chi connectivity index (χ1) is 15.0. The first-order valence-electron chi connectivity index (χ1n) is 10.0. The van der Waals surface area contributed by atoms with Gasteiger partial charge in [-0.1, -0.05) is 6.07 Å². The van der Waals surface area contributed by atoms with Crippen molar-refractivity contribution in [2.75, 3.05) is 12.4 Å². The maximum absolute atomic E-state index is 11.9. The first-order valence-corrected chi connectivity index (χ1v) is 10.0. The topological polar surface area (TPSA) is 86.1 Å². The van der Waals surface area contributed by atoms with Crippen LogP contribution in [0.4, 0.5) is 5.69 Å². The smallest absolute Gasteiger partial charge is 0.224 e. The van der Waals surface area contributed by atoms with Gasteiger partial charge < -0.3 is 10.1 Å². The van der Waals surface area contributed by atoms with Gasteiger partial charge >= 0.3 is 0 Å². The fraction of sp³-hybridized carbons (Fsp3) is 0.167. The monoisotopic (exact) mass is 412 g/mol. The number of carbonyl (C=O) groups is 2. The molecule has 0 unspecified atom stereocenters. The predicted octanol–water partition coefficient (Wildman–Crippen LogP) is 4.18. The third-order valence-electron chi connectivity index (χ3n) is 5.47. The Bertz CT molecular complexity index is 1360. The van der Waals surface area contributed by atoms with E-state index in [-0.39, 0.29) is 11.7 Å². The number of benzene rings is 2. The van der Waals surface area contributed by atoms with E-state index < -0.39 is 0 Å². The lowest BCUT2D eigenvalue weighted by molar-refractivity contribution is -0.116. The van der Waals surface area contributed by atoms with Gasteiger partial charge in [-0.3, -0.25) is 14.2 Å². The fourth-order valence-electron chi connectivity index (χ4n) is 3.89. The van der Waals surface area contributed by atoms with Crippen molar-refractivity contribution in [3.63, 3.8) is 0 Å². The molecule has 1 N–H and O–H groups in total. The van der Waals surface area contributed by atoms with Crippen LogP contribution in [0, 0.1) is 0 Å². The quantitative estimate of drug-likeness (QED) is 0.508. The van der Waals surface area contributed by atoms with Crippen LogP contribution in [0.2, 0.25) is 0 Å². The van der Waals surface area contributed by atoms with Crippen LogP contribution in [0.1, 0.15) is 29.3 Å². The average Bonchev–Trinajstić information content (AvgIpc) is 3.17. The predicted molar refractivity (Wildman–Crippen MR) is 118 cm³/mol. The molecule has 0 radical (unpaired) electrons. The summed E-state index contributed by atoms with van der Waals surface area (Å²) in [7, 11) is 1.58. The zero-order valence-electron chi connectivity index (χ0n) is 17.2. The zero-order chi connectivity index (χ0) is 21.5. The lowest BCUT2D eigenvalue weighted by Crippen LogP contribution is -2.19. The minimum absolute atomic E-state index is 0.0120. The highest BCUT2D eigenvalue weighted by Gasteiger charge is 2.20. The SMILES string of the molecule is COc1cccc(-c2nc3cc(C(C)=O)ccc3n2-c2ccc3c(c2)CCC(=O)N3)n1. The number of methoxy groups -OCH3 is 1. The van der Waals surface area contributed by atoms with E-state index in [2.05, 4.69) is 16.4 Å². The highest BCUT2D eigenvalue weighted by atomic mass is 16.5. The number of carbonyl (C=O) groups excluding carboxylic acids is 2. The second-order valence-corrected chi connectivity index (χ2v) is 7.49. The number of hydrogen-bond acceptors (Lipinski definition) is 5. The molecule has 0 saturated carbocycles. The Morgan fingerprint density at radius 3 is 2.74 bits per heavy atom. The van der Waals surface area contributed by atoms with Crippen LogP contribution < -0.4 is 10.1 Å². The number of Topliss-reactive ketones (excluding diaryl/α,β-unsaturated/α-hetero) is 1. The Morgan fingerprint density at radius 2 is 1.94 bits per heavy atom. The molecule has 0 spiro atoms. The molecule has 1 amide bonds. The number of ether oxygens (including phenoxy) is 1. The van der Waals surface area contributed by atoms with Gasteiger partial charge in [0, 0.05) is 29.4 Å². The van der Waals surface area contributed by atoms with Crippen LogP contribution >= 0.6 is 0 Å². The van der Waals surface area contributed by atoms with Gasteiger partial charge in [0.05, 0.1) is 18.1 Å². The number of fused-ring (bicyclic) bond motifs is 2. The molecule has 0 bridgehead atoms. The Morgan fingerprint density at radius 1 is 1.06 bits per heavy atom. The summed E-state index contributed by atoms with van der Waals surface area (Å²) in [5.41, 5.74) is 5.66. The van der Waals surface area contributed by atoms with Crippen LogP contribution in [-0.2, 0) is 11.2 Å². The normalized spacial score (nSPS) is 13.0. The molecular weight excluding hydrogens is 392 g/mol. The molecule has 7 nitrogen and oxygen atoms in total. The largest absolute Gasteiger partial charge is 0.481 e. The maximum atomic E-state index is 11.9. The van der Waals surface area contributed by atoms with E-state index >= 15 is 0 Å². The number of amides is 1. The van der Waals surface area contributed by atoms with E-state index in [0.29, 0.717) is 41.3 Å². The van der Waals surface area contributed by atoms with Crippen molar-refractivity contribution in [1.82, 2.24) is 14.5 Å². The van der Waals surface area contributed by atoms with Crippen LogP contribution in [0.5, 0.6) is 5.88 Å². The molecule has 2 aromatic heterocycles. The number of imidazole rings is 1. The molecule has 2 aromatic carbocycles. The zero-order valence-corrected chi connectivity index (χ0v) is 17.2. The molecule has 31 heavy (non-hydrogen) atoms. The number of pyridine rings is 1. The number of aryl methyl sites for hydroxylation is 1. The number of aromatic nitrogens is 3. The van der Waals surface area contributed by atoms with E-state index in [1.54, 1.807) is 26.2 Å². The maximum Gasteiger partial charge on any atom is 0.224 e. The summed E-state index contributed by atoms with van der Waals surface area (Å²) in [6.07, 6.45) is 1.15. The van der Waals surface area contributed by atoms with Crippen molar-refractivity contribution in [1.29, 1.82) is 0 Å². The fourth-order valence-corrected chi connectivity index (χ4v) is 3.89. The highest BCUT2D eigenvalue weighted by Crippen LogP contribution is 2.32. The summed E-state index contributed by atoms with van der Waals surface area (Å²) in [6, 6.07) is 17.0. The number of rotatable bonds is 4. The summed E-state index contributed by atoms with van der Waals surface area (Å²) in [5.74, 6) is 1.16. The van der Waals surface area contributed by atoms with Crippen LogP contribution in [0.25, 0.3) is 28.2 Å². The molecule has 0 atom stereocenters. The summed E-state index contributed by atoms with van der Waals surface area (Å²) >= 11 is 0. The second kappa shape index (κ2) is 7.36. The summed E-state index contributed by atoms with van der Waals surface area (Å²) in [4.78, 5) is 33.0. The number of ketones is 1. The Hall–Kier alpha value is -4.00. The third kappa shape index (κ3) is 3.34. The van der Waals surface area contributed by atoms with Crippen molar-refractivity contribution in [2.45, 2.75) is 19.8 Å². The van der Waals surface area contributed by atoms with Crippen LogP contribution in [0.3, 0.4) is 0 Å². The van der Waals surface area contributed by atoms with Gasteiger partial charge in [-0.05, 0) is 61.4 Å². The average molecular weight is 412 g/mol. The Labute approximate surface area is 178 Å². The molecular formula is C24H20N4O3. The molecule has 0 aliphatic carbocycles. The van der Waals surface area contributed by atoms with E-state index in [1.807, 2.05) is 41.0 Å². The van der Waals surface area contributed by atoms with Crippen LogP contribution in [-0.4, -0.2) is 33.3 Å². The van der Waals surface area contributed by atoms with Gasteiger partial charge in [0.1, 0.15) is 5.69 Å². The molecule has 0 saturated heterocycles. The molecule has 154 valence electrons. The van der Waals surface area contributed by atoms with Gasteiger partial charge in [-0.15, -0.1) is 0 Å². The number of hydrogen-bond donors (Lipinski definition) is 1. The second-order valence-electron chi connectivity index (χ2n) is 7.49. The number of nitrogens with zero attached hydrogens (tertiary/aromatic N) is 3. The lowest BCUT2D eigenvalue weighted by atomic mass is 10.0. The van der Waals surface area contributed by atoms with E-state index in [4.69, 9.17) is 9.72 Å². The van der Waals surface area contributed by atoms with Gasteiger partial charge in [0.25, 0.3) is 0 Å². The molecule has 1 aliphatic rings. The summed E-state index contributed by atoms with van der Waals surface area (Å²) in [5, 5.41) is 2.92. The van der Waals surface area contributed by atoms with Crippen molar-refractivity contribution in [2.24, 2.45) is 0 Å². The van der Waals surface area contributed by atoms with Gasteiger partial charge in [0.15, 0.2) is 11.6 Å². The van der Waals surface area contributed by atoms with E-state index in [1.165, 1.54) is 0 Å². The van der Waals surface area contributed by atoms with Crippen LogP contribution in [0.15, 0.2) is 54.6 Å². The van der Waals surface area contributed by atoms with Crippen molar-refractivity contribution < 1.29 is 14.3 Å². The number of anilines is 1. The third-order valence-corrected chi connectivity index (χ3v) is 5.47. The Kier molecular flexibility index (Phi) is 4.51. The summed E-state index contributed by atoms with van der Waals surface area (Å²) < 4.78 is 7.32. The minimum Gasteiger partial charge on any atom is -0.481 e. The van der Waals surface area contributed by atoms with E-state index in [0.717, 1.165) is 22.5 Å². The molecule has 5 rings (SSSR count). The van der Waals surface area contributed by atoms with Gasteiger partial charge in [-0.25, -0.2) is 9.97 Å². The molecule has 4 aromatic rings. The molecule has 0 fully saturated rings. The van der Waals surface area contributed by atoms with E-state index in [9.17, 15) is 9.59 Å². The minimum atomic E-state index is -0.0120. The highest BCUT2D eigenvalue weighted by molar-refractivity contribution is 5.98.